The maximum atomic E-state index is 9.47. The predicted molar refractivity (Wildman–Crippen MR) is 69.8 cm³/mol. The number of halogens is 2. The zero-order chi connectivity index (χ0) is 11.7. The Balaban J connectivity index is 2.12. The summed E-state index contributed by atoms with van der Waals surface area (Å²) in [6.45, 7) is 4.69. The highest BCUT2D eigenvalue weighted by Crippen LogP contribution is 2.27. The number of β-amino-alcohol motifs (C(OH)–C–C–N with tert-alkyl or cyclic N) is 1. The average Bonchev–Trinajstić information content (AvgIpc) is 2.60. The number of rotatable bonds is 2. The molecule has 1 atom stereocenters. The van der Waals surface area contributed by atoms with Crippen LogP contribution in [0.3, 0.4) is 0 Å². The molecule has 0 aromatic heterocycles. The molecule has 1 aromatic carbocycles. The summed E-state index contributed by atoms with van der Waals surface area (Å²) in [5, 5.41) is 10.2. The summed E-state index contributed by atoms with van der Waals surface area (Å²) in [4.78, 5) is 2.26. The molecule has 0 saturated carbocycles. The molecule has 1 fully saturated rings. The van der Waals surface area contributed by atoms with Gasteiger partial charge in [0.15, 0.2) is 0 Å². The number of likely N-dealkylation sites (tertiary alicyclic amines) is 1. The largest absolute Gasteiger partial charge is 0.392 e. The molecule has 2 rings (SSSR count). The van der Waals surface area contributed by atoms with Gasteiger partial charge in [-0.3, -0.25) is 4.90 Å². The molecule has 2 nitrogen and oxygen atoms in total. The highest BCUT2D eigenvalue weighted by atomic mass is 79.9. The van der Waals surface area contributed by atoms with Crippen molar-refractivity contribution in [2.45, 2.75) is 26.0 Å². The second-order valence-corrected chi connectivity index (χ2v) is 5.63. The lowest BCUT2D eigenvalue weighted by molar-refractivity contribution is 0.174. The van der Waals surface area contributed by atoms with Crippen LogP contribution in [0.4, 0.5) is 0 Å². The van der Waals surface area contributed by atoms with Crippen LogP contribution in [-0.2, 0) is 6.54 Å². The van der Waals surface area contributed by atoms with Crippen molar-refractivity contribution < 1.29 is 5.11 Å². The van der Waals surface area contributed by atoms with Crippen LogP contribution < -0.4 is 0 Å². The fourth-order valence-electron chi connectivity index (χ4n) is 2.05. The van der Waals surface area contributed by atoms with Gasteiger partial charge < -0.3 is 5.11 Å². The molecule has 0 aliphatic carbocycles. The molecule has 16 heavy (non-hydrogen) atoms. The normalized spacial score (nSPS) is 21.6. The molecule has 1 N–H and O–H groups in total. The third-order valence-corrected chi connectivity index (χ3v) is 4.22. The Morgan fingerprint density at radius 3 is 2.94 bits per heavy atom. The summed E-state index contributed by atoms with van der Waals surface area (Å²) < 4.78 is 0.942. The minimum atomic E-state index is -0.161. The van der Waals surface area contributed by atoms with E-state index in [-0.39, 0.29) is 6.10 Å². The van der Waals surface area contributed by atoms with Crippen molar-refractivity contribution in [1.82, 2.24) is 4.90 Å². The van der Waals surface area contributed by atoms with Crippen molar-refractivity contribution in [1.29, 1.82) is 0 Å². The van der Waals surface area contributed by atoms with Crippen LogP contribution >= 0.6 is 27.5 Å². The van der Waals surface area contributed by atoms with Crippen LogP contribution in [-0.4, -0.2) is 29.2 Å². The Morgan fingerprint density at radius 1 is 1.56 bits per heavy atom. The molecular weight excluding hydrogens is 289 g/mol. The van der Waals surface area contributed by atoms with E-state index in [9.17, 15) is 5.11 Å². The van der Waals surface area contributed by atoms with Crippen molar-refractivity contribution in [3.63, 3.8) is 0 Å². The van der Waals surface area contributed by atoms with E-state index in [0.717, 1.165) is 35.6 Å². The van der Waals surface area contributed by atoms with E-state index in [2.05, 4.69) is 27.8 Å². The summed E-state index contributed by atoms with van der Waals surface area (Å²) in [7, 11) is 0. The topological polar surface area (TPSA) is 23.5 Å². The molecule has 1 aliphatic heterocycles. The molecule has 88 valence electrons. The second kappa shape index (κ2) is 5.05. The average molecular weight is 305 g/mol. The third-order valence-electron chi connectivity index (χ3n) is 3.02. The summed E-state index contributed by atoms with van der Waals surface area (Å²) in [6.07, 6.45) is 0.717. The SMILES string of the molecule is Cc1cc(Br)c(Cl)cc1CN1CC[C@@H](O)C1. The van der Waals surface area contributed by atoms with E-state index >= 15 is 0 Å². The van der Waals surface area contributed by atoms with Gasteiger partial charge in [-0.15, -0.1) is 0 Å². The van der Waals surface area contributed by atoms with E-state index in [0.29, 0.717) is 0 Å². The summed E-state index contributed by atoms with van der Waals surface area (Å²) in [5.74, 6) is 0. The number of aliphatic hydroxyl groups excluding tert-OH is 1. The fraction of sp³-hybridized carbons (Fsp3) is 0.500. The van der Waals surface area contributed by atoms with Gasteiger partial charge in [-0.2, -0.15) is 0 Å². The first-order valence-corrected chi connectivity index (χ1v) is 6.58. The van der Waals surface area contributed by atoms with E-state index in [1.807, 2.05) is 12.1 Å². The molecule has 0 amide bonds. The number of nitrogens with zero attached hydrogens (tertiary/aromatic N) is 1. The zero-order valence-electron chi connectivity index (χ0n) is 9.21. The first kappa shape index (κ1) is 12.4. The lowest BCUT2D eigenvalue weighted by Gasteiger charge is -2.17. The van der Waals surface area contributed by atoms with Crippen molar-refractivity contribution >= 4 is 27.5 Å². The van der Waals surface area contributed by atoms with E-state index < -0.39 is 0 Å². The molecule has 0 unspecified atom stereocenters. The van der Waals surface area contributed by atoms with Gasteiger partial charge in [0.2, 0.25) is 0 Å². The van der Waals surface area contributed by atoms with E-state index in [1.165, 1.54) is 11.1 Å². The van der Waals surface area contributed by atoms with Gasteiger partial charge in [0, 0.05) is 24.1 Å². The highest BCUT2D eigenvalue weighted by Gasteiger charge is 2.20. The molecule has 0 spiro atoms. The number of aryl methyl sites for hydroxylation is 1. The Kier molecular flexibility index (Phi) is 3.90. The first-order valence-electron chi connectivity index (χ1n) is 5.41. The number of aliphatic hydroxyl groups is 1. The summed E-state index contributed by atoms with van der Waals surface area (Å²) >= 11 is 9.50. The second-order valence-electron chi connectivity index (χ2n) is 4.37. The Morgan fingerprint density at radius 2 is 2.31 bits per heavy atom. The Labute approximate surface area is 109 Å². The van der Waals surface area contributed by atoms with Crippen LogP contribution in [0, 0.1) is 6.92 Å². The van der Waals surface area contributed by atoms with E-state index in [4.69, 9.17) is 11.6 Å². The van der Waals surface area contributed by atoms with Crippen molar-refractivity contribution in [2.24, 2.45) is 0 Å². The third kappa shape index (κ3) is 2.77. The minimum absolute atomic E-state index is 0.161. The monoisotopic (exact) mass is 303 g/mol. The number of benzene rings is 1. The quantitative estimate of drug-likeness (QED) is 0.908. The Hall–Kier alpha value is -0.0900. The van der Waals surface area contributed by atoms with Crippen LogP contribution in [0.15, 0.2) is 16.6 Å². The molecule has 4 heteroatoms. The highest BCUT2D eigenvalue weighted by molar-refractivity contribution is 9.10. The van der Waals surface area contributed by atoms with Gasteiger partial charge in [-0.05, 0) is 52.5 Å². The van der Waals surface area contributed by atoms with Crippen LogP contribution in [0.25, 0.3) is 0 Å². The first-order chi connectivity index (χ1) is 7.56. The van der Waals surface area contributed by atoms with Gasteiger partial charge in [0.25, 0.3) is 0 Å². The van der Waals surface area contributed by atoms with Gasteiger partial charge in [-0.1, -0.05) is 11.6 Å². The van der Waals surface area contributed by atoms with E-state index in [1.54, 1.807) is 0 Å². The summed E-state index contributed by atoms with van der Waals surface area (Å²) in [6, 6.07) is 4.05. The molecule has 1 aliphatic rings. The van der Waals surface area contributed by atoms with Gasteiger partial charge in [0.05, 0.1) is 11.1 Å². The molecule has 0 radical (unpaired) electrons. The number of hydrogen-bond acceptors (Lipinski definition) is 2. The lowest BCUT2D eigenvalue weighted by atomic mass is 10.1. The van der Waals surface area contributed by atoms with Crippen molar-refractivity contribution in [3.05, 3.63) is 32.8 Å². The van der Waals surface area contributed by atoms with Crippen LogP contribution in [0.2, 0.25) is 5.02 Å². The van der Waals surface area contributed by atoms with Crippen LogP contribution in [0.1, 0.15) is 17.5 Å². The molecule has 1 saturated heterocycles. The van der Waals surface area contributed by atoms with Gasteiger partial charge >= 0.3 is 0 Å². The molecular formula is C12H15BrClNO. The maximum Gasteiger partial charge on any atom is 0.0679 e. The van der Waals surface area contributed by atoms with Crippen molar-refractivity contribution in [2.75, 3.05) is 13.1 Å². The molecule has 1 heterocycles. The predicted octanol–water partition coefficient (Wildman–Crippen LogP) is 2.98. The van der Waals surface area contributed by atoms with Gasteiger partial charge in [0.1, 0.15) is 0 Å². The van der Waals surface area contributed by atoms with Gasteiger partial charge in [-0.25, -0.2) is 0 Å². The fourth-order valence-corrected chi connectivity index (χ4v) is 2.70. The molecule has 0 bridgehead atoms. The smallest absolute Gasteiger partial charge is 0.0679 e. The number of hydrogen-bond donors (Lipinski definition) is 1. The maximum absolute atomic E-state index is 9.47. The summed E-state index contributed by atoms with van der Waals surface area (Å²) in [5.41, 5.74) is 2.47. The Bertz CT molecular complexity index is 397. The van der Waals surface area contributed by atoms with Crippen molar-refractivity contribution in [3.8, 4) is 0 Å². The minimum Gasteiger partial charge on any atom is -0.392 e. The van der Waals surface area contributed by atoms with Crippen LogP contribution in [0.5, 0.6) is 0 Å². The molecule has 1 aromatic rings. The zero-order valence-corrected chi connectivity index (χ0v) is 11.6. The standard InChI is InChI=1S/C12H15BrClNO/c1-8-4-11(13)12(14)5-9(8)6-15-3-2-10(16)7-15/h4-5,10,16H,2-3,6-7H2,1H3/t10-/m1/s1. The lowest BCUT2D eigenvalue weighted by Crippen LogP contribution is -2.21.